The minimum Gasteiger partial charge on any atom is -0.294 e. The predicted octanol–water partition coefficient (Wildman–Crippen LogP) is 5.06. The summed E-state index contributed by atoms with van der Waals surface area (Å²) >= 11 is 7.56. The number of hydrogen-bond acceptors (Lipinski definition) is 4. The van der Waals surface area contributed by atoms with Crippen molar-refractivity contribution in [2.75, 3.05) is 0 Å². The molecule has 0 aromatic heterocycles. The first-order valence-electron chi connectivity index (χ1n) is 9.66. The highest BCUT2D eigenvalue weighted by atomic mass is 35.5. The average molecular weight is 453 g/mol. The third-order valence-corrected chi connectivity index (χ3v) is 5.76. The van der Waals surface area contributed by atoms with Gasteiger partial charge in [-0.2, -0.15) is 0 Å². The van der Waals surface area contributed by atoms with Crippen molar-refractivity contribution in [1.82, 2.24) is 10.9 Å². The molecule has 158 valence electrons. The number of halogens is 1. The fourth-order valence-electron chi connectivity index (χ4n) is 2.71. The second kappa shape index (κ2) is 11.3. The lowest BCUT2D eigenvalue weighted by molar-refractivity contribution is -0.121. The summed E-state index contributed by atoms with van der Waals surface area (Å²) < 4.78 is 0. The molecule has 5 nitrogen and oxygen atoms in total. The summed E-state index contributed by atoms with van der Waals surface area (Å²) in [6.07, 6.45) is 0.0700. The number of hydrogen-bond donors (Lipinski definition) is 2. The molecule has 2 N–H and O–H groups in total. The Labute approximate surface area is 190 Å². The van der Waals surface area contributed by atoms with E-state index in [9.17, 15) is 14.4 Å². The molecule has 0 atom stereocenters. The summed E-state index contributed by atoms with van der Waals surface area (Å²) in [6.45, 7) is 0. The largest absolute Gasteiger partial charge is 0.294 e. The number of nitrogens with one attached hydrogen (secondary N) is 2. The predicted molar refractivity (Wildman–Crippen MR) is 123 cm³/mol. The van der Waals surface area contributed by atoms with Crippen molar-refractivity contribution in [3.05, 3.63) is 101 Å². The molecule has 0 saturated carbocycles. The monoisotopic (exact) mass is 452 g/mol. The molecule has 0 radical (unpaired) electrons. The van der Waals surface area contributed by atoms with Crippen LogP contribution in [0, 0.1) is 0 Å². The van der Waals surface area contributed by atoms with Crippen molar-refractivity contribution in [3.8, 4) is 0 Å². The maximum absolute atomic E-state index is 12.2. The smallest absolute Gasteiger partial charge is 0.269 e. The van der Waals surface area contributed by atoms with E-state index in [0.29, 0.717) is 16.1 Å². The van der Waals surface area contributed by atoms with Crippen molar-refractivity contribution in [2.45, 2.75) is 23.5 Å². The molecule has 2 amide bonds. The molecule has 0 bridgehead atoms. The van der Waals surface area contributed by atoms with E-state index in [2.05, 4.69) is 10.9 Å². The van der Waals surface area contributed by atoms with Gasteiger partial charge in [-0.1, -0.05) is 54.1 Å². The van der Waals surface area contributed by atoms with Gasteiger partial charge in [-0.3, -0.25) is 25.2 Å². The molecule has 0 aliphatic carbocycles. The zero-order valence-corrected chi connectivity index (χ0v) is 18.2. The van der Waals surface area contributed by atoms with Gasteiger partial charge in [-0.05, 0) is 42.0 Å². The third-order valence-electron chi connectivity index (χ3n) is 4.43. The molecule has 0 aliphatic heterocycles. The van der Waals surface area contributed by atoms with Crippen molar-refractivity contribution >= 4 is 41.0 Å². The number of hydrazine groups is 1. The van der Waals surface area contributed by atoms with Gasteiger partial charge in [0.05, 0.1) is 0 Å². The van der Waals surface area contributed by atoms with Crippen LogP contribution in [0.5, 0.6) is 0 Å². The molecule has 0 spiro atoms. The Morgan fingerprint density at radius 1 is 0.742 bits per heavy atom. The summed E-state index contributed by atoms with van der Waals surface area (Å²) in [6, 6.07) is 23.6. The van der Waals surface area contributed by atoms with Gasteiger partial charge in [0.1, 0.15) is 0 Å². The minimum atomic E-state index is -0.423. The van der Waals surface area contributed by atoms with Gasteiger partial charge in [-0.15, -0.1) is 11.8 Å². The van der Waals surface area contributed by atoms with Crippen LogP contribution in [-0.4, -0.2) is 17.6 Å². The van der Waals surface area contributed by atoms with Crippen LogP contribution in [-0.2, 0) is 10.5 Å². The van der Waals surface area contributed by atoms with Gasteiger partial charge in [0.25, 0.3) is 5.91 Å². The van der Waals surface area contributed by atoms with E-state index in [1.54, 1.807) is 48.2 Å². The van der Waals surface area contributed by atoms with Crippen molar-refractivity contribution < 1.29 is 14.4 Å². The molecule has 0 unspecified atom stereocenters. The average Bonchev–Trinajstić information content (AvgIpc) is 2.81. The molecule has 7 heteroatoms. The fraction of sp³-hybridized carbons (Fsp3) is 0.125. The third kappa shape index (κ3) is 7.27. The number of carbonyl (C=O) groups excluding carboxylic acids is 3. The van der Waals surface area contributed by atoms with Gasteiger partial charge in [0, 0.05) is 39.6 Å². The molecule has 3 rings (SSSR count). The molecule has 31 heavy (non-hydrogen) atoms. The molecular weight excluding hydrogens is 432 g/mol. The summed E-state index contributed by atoms with van der Waals surface area (Å²) in [5.74, 6) is -0.196. The zero-order chi connectivity index (χ0) is 22.1. The zero-order valence-electron chi connectivity index (χ0n) is 16.6. The van der Waals surface area contributed by atoms with Crippen LogP contribution in [0.2, 0.25) is 5.02 Å². The summed E-state index contributed by atoms with van der Waals surface area (Å²) in [5.41, 5.74) is 6.79. The topological polar surface area (TPSA) is 75.3 Å². The first-order valence-corrected chi connectivity index (χ1v) is 11.0. The van der Waals surface area contributed by atoms with Gasteiger partial charge < -0.3 is 0 Å². The highest BCUT2D eigenvalue weighted by Crippen LogP contribution is 2.24. The molecule has 3 aromatic carbocycles. The van der Waals surface area contributed by atoms with E-state index in [0.717, 1.165) is 16.2 Å². The summed E-state index contributed by atoms with van der Waals surface area (Å²) in [7, 11) is 0. The van der Waals surface area contributed by atoms with Crippen LogP contribution in [0.1, 0.15) is 39.1 Å². The second-order valence-corrected chi connectivity index (χ2v) is 8.22. The highest BCUT2D eigenvalue weighted by Gasteiger charge is 2.11. The summed E-state index contributed by atoms with van der Waals surface area (Å²) in [4.78, 5) is 37.3. The van der Waals surface area contributed by atoms with Crippen LogP contribution < -0.4 is 10.9 Å². The minimum absolute atomic E-state index is 0.00509. The maximum Gasteiger partial charge on any atom is 0.269 e. The van der Waals surface area contributed by atoms with E-state index < -0.39 is 11.8 Å². The molecule has 0 aliphatic rings. The van der Waals surface area contributed by atoms with Gasteiger partial charge >= 0.3 is 0 Å². The van der Waals surface area contributed by atoms with E-state index in [1.165, 1.54) is 0 Å². The molecule has 0 heterocycles. The lowest BCUT2D eigenvalue weighted by Crippen LogP contribution is -2.41. The SMILES string of the molecule is O=C(CCC(=O)c1ccccc1)NNC(=O)c1ccc(CSc2ccc(Cl)cc2)cc1. The Balaban J connectivity index is 1.41. The van der Waals surface area contributed by atoms with Crippen LogP contribution in [0.25, 0.3) is 0 Å². The number of rotatable bonds is 8. The summed E-state index contributed by atoms with van der Waals surface area (Å²) in [5, 5.41) is 0.703. The van der Waals surface area contributed by atoms with Crippen molar-refractivity contribution in [2.24, 2.45) is 0 Å². The lowest BCUT2D eigenvalue weighted by atomic mass is 10.1. The number of amides is 2. The molecule has 0 saturated heterocycles. The Kier molecular flexibility index (Phi) is 8.27. The molecule has 3 aromatic rings. The number of carbonyl (C=O) groups is 3. The van der Waals surface area contributed by atoms with Crippen LogP contribution in [0.4, 0.5) is 0 Å². The second-order valence-electron chi connectivity index (χ2n) is 6.73. The van der Waals surface area contributed by atoms with Gasteiger partial charge in [0.2, 0.25) is 5.91 Å². The first-order chi connectivity index (χ1) is 15.0. The van der Waals surface area contributed by atoms with Crippen molar-refractivity contribution in [3.63, 3.8) is 0 Å². The number of Topliss-reactive ketones (excluding diaryl/α,β-unsaturated/α-hetero) is 1. The molecular formula is C24H21ClN2O3S. The fourth-order valence-corrected chi connectivity index (χ4v) is 3.69. The Hall–Kier alpha value is -3.09. The maximum atomic E-state index is 12.2. The highest BCUT2D eigenvalue weighted by molar-refractivity contribution is 7.98. The Bertz CT molecular complexity index is 1040. The van der Waals surface area contributed by atoms with Gasteiger partial charge in [0.15, 0.2) is 5.78 Å². The normalized spacial score (nSPS) is 10.4. The van der Waals surface area contributed by atoms with E-state index in [4.69, 9.17) is 11.6 Å². The van der Waals surface area contributed by atoms with E-state index in [-0.39, 0.29) is 18.6 Å². The number of thioether (sulfide) groups is 1. The van der Waals surface area contributed by atoms with Gasteiger partial charge in [-0.25, -0.2) is 0 Å². The first kappa shape index (κ1) is 22.6. The Morgan fingerprint density at radius 2 is 1.42 bits per heavy atom. The standard InChI is InChI=1S/C24H21ClN2O3S/c25-20-10-12-21(13-11-20)31-16-17-6-8-19(9-7-17)24(30)27-26-23(29)15-14-22(28)18-4-2-1-3-5-18/h1-13H,14-16H2,(H,26,29)(H,27,30). The van der Waals surface area contributed by atoms with Crippen LogP contribution >= 0.6 is 23.4 Å². The van der Waals surface area contributed by atoms with E-state index in [1.807, 2.05) is 42.5 Å². The van der Waals surface area contributed by atoms with Crippen LogP contribution in [0.3, 0.4) is 0 Å². The van der Waals surface area contributed by atoms with E-state index >= 15 is 0 Å². The van der Waals surface area contributed by atoms with Crippen LogP contribution in [0.15, 0.2) is 83.8 Å². The number of benzene rings is 3. The number of ketones is 1. The lowest BCUT2D eigenvalue weighted by Gasteiger charge is -2.08. The van der Waals surface area contributed by atoms with Crippen molar-refractivity contribution in [1.29, 1.82) is 0 Å². The Morgan fingerprint density at radius 3 is 2.10 bits per heavy atom. The molecule has 0 fully saturated rings. The quantitative estimate of drug-likeness (QED) is 0.284.